The minimum atomic E-state index is -0.267. The molecule has 0 spiro atoms. The minimum absolute atomic E-state index is 0.267. The highest BCUT2D eigenvalue weighted by Crippen LogP contribution is 2.49. The highest BCUT2D eigenvalue weighted by atomic mass is 15.0. The van der Waals surface area contributed by atoms with Crippen LogP contribution in [0.25, 0.3) is 0 Å². The summed E-state index contributed by atoms with van der Waals surface area (Å²) in [7, 11) is 0. The van der Waals surface area contributed by atoms with Gasteiger partial charge >= 0.3 is 0 Å². The summed E-state index contributed by atoms with van der Waals surface area (Å²) in [5.41, 5.74) is 13.2. The fraction of sp³-hybridized carbons (Fsp3) is 0.429. The predicted molar refractivity (Wildman–Crippen MR) is 37.4 cm³/mol. The Morgan fingerprint density at radius 3 is 3.20 bits per heavy atom. The molecule has 3 N–H and O–H groups in total. The maximum atomic E-state index is 6.82. The first-order chi connectivity index (χ1) is 4.77. The molecule has 0 bridgehead atoms. The molecule has 2 aliphatic carbocycles. The molecular formula is C7H9N3. The molecule has 0 aliphatic heterocycles. The van der Waals surface area contributed by atoms with Crippen LogP contribution in [0.3, 0.4) is 0 Å². The molecule has 2 atom stereocenters. The second-order valence-electron chi connectivity index (χ2n) is 2.90. The van der Waals surface area contributed by atoms with Gasteiger partial charge in [-0.25, -0.2) is 5.53 Å². The largest absolute Gasteiger partial charge is 0.320 e. The highest BCUT2D eigenvalue weighted by molar-refractivity contribution is 5.40. The van der Waals surface area contributed by atoms with Crippen LogP contribution in [0.1, 0.15) is 6.42 Å². The normalized spacial score (nSPS) is 42.1. The molecule has 3 heteroatoms. The van der Waals surface area contributed by atoms with Crippen LogP contribution in [0.2, 0.25) is 0 Å². The van der Waals surface area contributed by atoms with Crippen molar-refractivity contribution in [3.05, 3.63) is 23.9 Å². The first kappa shape index (κ1) is 5.80. The number of nitrogens with one attached hydrogen (secondary N) is 1. The van der Waals surface area contributed by atoms with E-state index < -0.39 is 0 Å². The summed E-state index contributed by atoms with van der Waals surface area (Å²) >= 11 is 0. The number of nitrogens with zero attached hydrogens (tertiary/aromatic N) is 1. The molecule has 0 heterocycles. The molecule has 0 saturated heterocycles. The third-order valence-electron chi connectivity index (χ3n) is 2.25. The highest BCUT2D eigenvalue weighted by Gasteiger charge is 2.53. The van der Waals surface area contributed by atoms with E-state index in [4.69, 9.17) is 11.3 Å². The third kappa shape index (κ3) is 0.529. The van der Waals surface area contributed by atoms with Gasteiger partial charge in [-0.1, -0.05) is 12.2 Å². The van der Waals surface area contributed by atoms with Gasteiger partial charge in [0.2, 0.25) is 0 Å². The van der Waals surface area contributed by atoms with E-state index in [9.17, 15) is 0 Å². The quantitative estimate of drug-likeness (QED) is 0.521. The fourth-order valence-corrected chi connectivity index (χ4v) is 1.42. The van der Waals surface area contributed by atoms with Crippen molar-refractivity contribution in [2.45, 2.75) is 12.0 Å². The SMILES string of the molecule is N=NC1=CC=CC2CC12N. The number of hydrogen-bond acceptors (Lipinski definition) is 3. The molecule has 52 valence electrons. The molecule has 1 saturated carbocycles. The van der Waals surface area contributed by atoms with Crippen LogP contribution in [-0.2, 0) is 0 Å². The van der Waals surface area contributed by atoms with E-state index >= 15 is 0 Å². The van der Waals surface area contributed by atoms with Gasteiger partial charge in [0, 0.05) is 5.92 Å². The van der Waals surface area contributed by atoms with Gasteiger partial charge < -0.3 is 5.73 Å². The third-order valence-corrected chi connectivity index (χ3v) is 2.25. The van der Waals surface area contributed by atoms with E-state index in [2.05, 4.69) is 11.2 Å². The van der Waals surface area contributed by atoms with Crippen LogP contribution in [0.4, 0.5) is 0 Å². The minimum Gasteiger partial charge on any atom is -0.320 e. The molecule has 0 amide bonds. The van der Waals surface area contributed by atoms with Crippen molar-refractivity contribution < 1.29 is 0 Å². The number of fused-ring (bicyclic) bond motifs is 1. The van der Waals surface area contributed by atoms with Gasteiger partial charge in [-0.15, -0.1) is 0 Å². The van der Waals surface area contributed by atoms with Gasteiger partial charge in [0.05, 0.1) is 11.2 Å². The summed E-state index contributed by atoms with van der Waals surface area (Å²) in [6, 6.07) is 0. The predicted octanol–water partition coefficient (Wildman–Crippen LogP) is 1.19. The average molecular weight is 135 g/mol. The monoisotopic (exact) mass is 135 g/mol. The maximum Gasteiger partial charge on any atom is 0.0828 e. The zero-order valence-electron chi connectivity index (χ0n) is 5.54. The van der Waals surface area contributed by atoms with E-state index in [1.54, 1.807) is 0 Å². The number of hydrogen-bond donors (Lipinski definition) is 2. The summed E-state index contributed by atoms with van der Waals surface area (Å²) in [6.07, 6.45) is 6.78. The van der Waals surface area contributed by atoms with Crippen molar-refractivity contribution in [1.29, 1.82) is 5.53 Å². The van der Waals surface area contributed by atoms with Crippen LogP contribution in [0, 0.1) is 11.4 Å². The lowest BCUT2D eigenvalue weighted by atomic mass is 10.1. The molecule has 0 aromatic carbocycles. The van der Waals surface area contributed by atoms with Crippen molar-refractivity contribution >= 4 is 0 Å². The molecule has 0 radical (unpaired) electrons. The topological polar surface area (TPSA) is 62.2 Å². The molecule has 1 fully saturated rings. The number of allylic oxidation sites excluding steroid dienone is 2. The van der Waals surface area contributed by atoms with Gasteiger partial charge in [0.15, 0.2) is 0 Å². The van der Waals surface area contributed by atoms with Crippen LogP contribution in [0.15, 0.2) is 29.0 Å². The Bertz CT molecular complexity index is 241. The van der Waals surface area contributed by atoms with Crippen molar-refractivity contribution in [2.24, 2.45) is 16.8 Å². The Labute approximate surface area is 59.1 Å². The second kappa shape index (κ2) is 1.55. The molecule has 2 aliphatic rings. The molecule has 2 unspecified atom stereocenters. The Morgan fingerprint density at radius 1 is 1.80 bits per heavy atom. The van der Waals surface area contributed by atoms with Crippen LogP contribution >= 0.6 is 0 Å². The van der Waals surface area contributed by atoms with Gasteiger partial charge in [0.25, 0.3) is 0 Å². The van der Waals surface area contributed by atoms with Gasteiger partial charge in [0.1, 0.15) is 0 Å². The summed E-state index contributed by atoms with van der Waals surface area (Å²) in [4.78, 5) is 0. The van der Waals surface area contributed by atoms with Crippen LogP contribution in [0.5, 0.6) is 0 Å². The first-order valence-corrected chi connectivity index (χ1v) is 3.33. The van der Waals surface area contributed by atoms with Crippen LogP contribution in [-0.4, -0.2) is 5.54 Å². The Morgan fingerprint density at radius 2 is 2.60 bits per heavy atom. The standard InChI is InChI=1S/C7H9N3/c8-7-4-5(7)2-1-3-6(7)10-9/h1-3,5,9H,4,8H2. The maximum absolute atomic E-state index is 6.82. The van der Waals surface area contributed by atoms with Gasteiger partial charge in [-0.05, 0) is 12.5 Å². The Hall–Kier alpha value is -0.960. The van der Waals surface area contributed by atoms with Crippen molar-refractivity contribution in [2.75, 3.05) is 0 Å². The smallest absolute Gasteiger partial charge is 0.0828 e. The Balaban J connectivity index is 2.38. The van der Waals surface area contributed by atoms with E-state index in [1.807, 2.05) is 12.2 Å². The van der Waals surface area contributed by atoms with E-state index in [0.717, 1.165) is 12.1 Å². The van der Waals surface area contributed by atoms with Crippen molar-refractivity contribution in [1.82, 2.24) is 0 Å². The van der Waals surface area contributed by atoms with Crippen molar-refractivity contribution in [3.8, 4) is 0 Å². The van der Waals surface area contributed by atoms with Crippen LogP contribution < -0.4 is 5.73 Å². The first-order valence-electron chi connectivity index (χ1n) is 3.33. The van der Waals surface area contributed by atoms with Crippen molar-refractivity contribution in [3.63, 3.8) is 0 Å². The lowest BCUT2D eigenvalue weighted by Gasteiger charge is -2.10. The molecule has 0 aromatic heterocycles. The van der Waals surface area contributed by atoms with Gasteiger partial charge in [-0.2, -0.15) is 5.11 Å². The summed E-state index contributed by atoms with van der Waals surface area (Å²) in [5.74, 6) is 0.446. The molecule has 3 nitrogen and oxygen atoms in total. The van der Waals surface area contributed by atoms with E-state index in [0.29, 0.717) is 5.92 Å². The fourth-order valence-electron chi connectivity index (χ4n) is 1.42. The summed E-state index contributed by atoms with van der Waals surface area (Å²) < 4.78 is 0. The molecule has 0 aromatic rings. The van der Waals surface area contributed by atoms with E-state index in [1.165, 1.54) is 0 Å². The number of nitrogens with two attached hydrogens (primary N) is 1. The second-order valence-corrected chi connectivity index (χ2v) is 2.90. The summed E-state index contributed by atoms with van der Waals surface area (Å²) in [5, 5.41) is 3.38. The van der Waals surface area contributed by atoms with E-state index in [-0.39, 0.29) is 5.54 Å². The van der Waals surface area contributed by atoms with Gasteiger partial charge in [-0.3, -0.25) is 0 Å². The average Bonchev–Trinajstić information content (AvgIpc) is 2.59. The Kier molecular flexibility index (Phi) is 0.898. The lowest BCUT2D eigenvalue weighted by Crippen LogP contribution is -2.27. The lowest BCUT2D eigenvalue weighted by molar-refractivity contribution is 0.708. The summed E-state index contributed by atoms with van der Waals surface area (Å²) in [6.45, 7) is 0. The molecular weight excluding hydrogens is 126 g/mol. The zero-order chi connectivity index (χ0) is 7.19. The molecule has 10 heavy (non-hydrogen) atoms. The number of rotatable bonds is 1. The zero-order valence-corrected chi connectivity index (χ0v) is 5.54. The molecule has 2 rings (SSSR count).